The first-order valence-corrected chi connectivity index (χ1v) is 2.89. The minimum absolute atomic E-state index is 0.194. The van der Waals surface area contributed by atoms with Crippen molar-refractivity contribution in [1.29, 1.82) is 0 Å². The van der Waals surface area contributed by atoms with Crippen molar-refractivity contribution in [3.8, 4) is 0 Å². The molecule has 0 aliphatic rings. The highest BCUT2D eigenvalue weighted by Crippen LogP contribution is 2.09. The summed E-state index contributed by atoms with van der Waals surface area (Å²) in [6, 6.07) is 0. The predicted octanol–water partition coefficient (Wildman–Crippen LogP) is 2.15. The predicted molar refractivity (Wildman–Crippen MR) is 29.9 cm³/mol. The third kappa shape index (κ3) is 7.81. The van der Waals surface area contributed by atoms with E-state index < -0.39 is 7.18 Å². The maximum atomic E-state index is 11.2. The van der Waals surface area contributed by atoms with Crippen LogP contribution in [-0.2, 0) is 4.65 Å². The Morgan fingerprint density at radius 1 is 1.33 bits per heavy atom. The zero-order valence-corrected chi connectivity index (χ0v) is 5.24. The number of unbranched alkanes of at least 4 members (excludes halogenated alkanes) is 1. The van der Waals surface area contributed by atoms with Crippen molar-refractivity contribution in [1.82, 2.24) is 0 Å². The molecule has 0 aromatic heterocycles. The molecule has 0 rings (SSSR count). The van der Waals surface area contributed by atoms with E-state index in [1.54, 1.807) is 0 Å². The van der Waals surface area contributed by atoms with Gasteiger partial charge in [0.05, 0.1) is 0 Å². The average Bonchev–Trinajstić information content (AvgIpc) is 1.63. The summed E-state index contributed by atoms with van der Waals surface area (Å²) in [5.74, 6) is 0. The van der Waals surface area contributed by atoms with Crippen molar-refractivity contribution in [3.05, 3.63) is 0 Å². The van der Waals surface area contributed by atoms with Crippen molar-refractivity contribution in [2.24, 2.45) is 0 Å². The van der Waals surface area contributed by atoms with Gasteiger partial charge in [-0.15, -0.1) is 0 Å². The fraction of sp³-hybridized carbons (Fsp3) is 1.00. The first-order valence-electron chi connectivity index (χ1n) is 2.89. The molecule has 0 aromatic carbocycles. The van der Waals surface area contributed by atoms with Crippen molar-refractivity contribution in [2.45, 2.75) is 19.8 Å². The summed E-state index contributed by atoms with van der Waals surface area (Å²) >= 11 is 0. The van der Waals surface area contributed by atoms with E-state index in [1.807, 2.05) is 6.92 Å². The van der Waals surface area contributed by atoms with Crippen molar-refractivity contribution < 1.29 is 17.6 Å². The van der Waals surface area contributed by atoms with Gasteiger partial charge in [0.15, 0.2) is 0 Å². The molecule has 0 N–H and O–H groups in total. The number of rotatable bonds is 4. The Labute approximate surface area is 52.3 Å². The number of hydrogen-bond acceptors (Lipinski definition) is 1. The Morgan fingerprint density at radius 3 is 2.22 bits per heavy atom. The molecule has 0 radical (unpaired) electrons. The van der Waals surface area contributed by atoms with Gasteiger partial charge in [-0.25, -0.2) is 0 Å². The maximum Gasteiger partial charge on any atom is 0.637 e. The third-order valence-electron chi connectivity index (χ3n) is 0.805. The van der Waals surface area contributed by atoms with Crippen LogP contribution in [0.2, 0.25) is 0 Å². The summed E-state index contributed by atoms with van der Waals surface area (Å²) in [6.45, 7) is 1.62. The summed E-state index contributed by atoms with van der Waals surface area (Å²) < 4.78 is 37.2. The van der Waals surface area contributed by atoms with Crippen molar-refractivity contribution in [3.63, 3.8) is 0 Å². The molecule has 0 saturated carbocycles. The molecule has 5 heteroatoms. The summed E-state index contributed by atoms with van der Waals surface area (Å²) in [5.41, 5.74) is 0. The molecule has 0 aliphatic carbocycles. The molecule has 0 unspecified atom stereocenters. The summed E-state index contributed by atoms with van der Waals surface area (Å²) in [6.07, 6.45) is 1.20. The van der Waals surface area contributed by atoms with Gasteiger partial charge in [-0.05, 0) is 6.42 Å². The molecule has 0 aliphatic heterocycles. The highest BCUT2D eigenvalue weighted by Gasteiger charge is 2.24. The van der Waals surface area contributed by atoms with Crippen molar-refractivity contribution in [2.75, 3.05) is 6.61 Å². The van der Waals surface area contributed by atoms with E-state index in [0.717, 1.165) is 6.42 Å². The second-order valence-corrected chi connectivity index (χ2v) is 1.74. The van der Waals surface area contributed by atoms with Gasteiger partial charge in [0.1, 0.15) is 0 Å². The van der Waals surface area contributed by atoms with Crippen LogP contribution >= 0.6 is 0 Å². The van der Waals surface area contributed by atoms with Crippen LogP contribution in [0.15, 0.2) is 0 Å². The molecule has 0 atom stereocenters. The summed E-state index contributed by atoms with van der Waals surface area (Å²) in [5, 5.41) is 0. The van der Waals surface area contributed by atoms with Gasteiger partial charge in [0.2, 0.25) is 0 Å². The highest BCUT2D eigenvalue weighted by atomic mass is 19.4. The van der Waals surface area contributed by atoms with Crippen LogP contribution in [0.5, 0.6) is 0 Å². The van der Waals surface area contributed by atoms with E-state index in [2.05, 4.69) is 4.65 Å². The van der Waals surface area contributed by atoms with E-state index in [0.29, 0.717) is 6.42 Å². The second kappa shape index (κ2) is 3.77. The Balaban J connectivity index is 3.07. The van der Waals surface area contributed by atoms with Gasteiger partial charge in [-0.1, -0.05) is 13.3 Å². The molecule has 0 amide bonds. The molecule has 9 heavy (non-hydrogen) atoms. The molecule has 0 spiro atoms. The lowest BCUT2D eigenvalue weighted by Gasteiger charge is -2.14. The standard InChI is InChI=1S/C4H9BF3O/c1-2-3-4-9-5(6,7)8/h2-4H2,1H3/q-1. The molecule has 0 saturated heterocycles. The van der Waals surface area contributed by atoms with Crippen LogP contribution in [0.25, 0.3) is 0 Å². The molecule has 0 bridgehead atoms. The van der Waals surface area contributed by atoms with Crippen LogP contribution in [0.3, 0.4) is 0 Å². The normalized spacial score (nSPS) is 12.0. The molecule has 0 aromatic rings. The van der Waals surface area contributed by atoms with Gasteiger partial charge < -0.3 is 17.6 Å². The summed E-state index contributed by atoms with van der Waals surface area (Å²) in [7, 11) is -5.01. The van der Waals surface area contributed by atoms with E-state index in [9.17, 15) is 12.9 Å². The van der Waals surface area contributed by atoms with Crippen LogP contribution in [-0.4, -0.2) is 13.8 Å². The van der Waals surface area contributed by atoms with Gasteiger partial charge >= 0.3 is 7.18 Å². The topological polar surface area (TPSA) is 9.23 Å². The van der Waals surface area contributed by atoms with E-state index in [4.69, 9.17) is 0 Å². The molecular weight excluding hydrogens is 132 g/mol. The number of hydrogen-bond donors (Lipinski definition) is 0. The monoisotopic (exact) mass is 141 g/mol. The molecular formula is C4H9BF3O-. The minimum Gasteiger partial charge on any atom is -0.508 e. The van der Waals surface area contributed by atoms with Gasteiger partial charge in [-0.3, -0.25) is 0 Å². The lowest BCUT2D eigenvalue weighted by atomic mass is 10.2. The quantitative estimate of drug-likeness (QED) is 0.430. The van der Waals surface area contributed by atoms with E-state index >= 15 is 0 Å². The highest BCUT2D eigenvalue weighted by molar-refractivity contribution is 6.51. The fourth-order valence-corrected chi connectivity index (χ4v) is 0.361. The van der Waals surface area contributed by atoms with Crippen LogP contribution in [0, 0.1) is 0 Å². The van der Waals surface area contributed by atoms with Gasteiger partial charge in [-0.2, -0.15) is 0 Å². The molecule has 0 heterocycles. The zero-order valence-electron chi connectivity index (χ0n) is 5.24. The first-order chi connectivity index (χ1) is 4.06. The Hall–Kier alpha value is -0.185. The van der Waals surface area contributed by atoms with E-state index in [-0.39, 0.29) is 6.61 Å². The maximum absolute atomic E-state index is 11.2. The first kappa shape index (κ1) is 8.81. The minimum atomic E-state index is -5.01. The molecule has 1 nitrogen and oxygen atoms in total. The largest absolute Gasteiger partial charge is 0.637 e. The summed E-state index contributed by atoms with van der Waals surface area (Å²) in [4.78, 5) is 0. The zero-order chi connectivity index (χ0) is 7.33. The second-order valence-electron chi connectivity index (χ2n) is 1.74. The Morgan fingerprint density at radius 2 is 1.89 bits per heavy atom. The Kier molecular flexibility index (Phi) is 3.69. The smallest absolute Gasteiger partial charge is 0.508 e. The average molecular weight is 141 g/mol. The van der Waals surface area contributed by atoms with Gasteiger partial charge in [0.25, 0.3) is 0 Å². The SMILES string of the molecule is CCCCO[B-](F)(F)F. The van der Waals surface area contributed by atoms with E-state index in [1.165, 1.54) is 0 Å². The number of halogens is 3. The lowest BCUT2D eigenvalue weighted by molar-refractivity contribution is 0.173. The lowest BCUT2D eigenvalue weighted by Crippen LogP contribution is -2.21. The van der Waals surface area contributed by atoms with Crippen LogP contribution in [0.1, 0.15) is 19.8 Å². The Bertz CT molecular complexity index is 72.7. The van der Waals surface area contributed by atoms with Crippen LogP contribution < -0.4 is 0 Å². The fourth-order valence-electron chi connectivity index (χ4n) is 0.361. The third-order valence-corrected chi connectivity index (χ3v) is 0.805. The van der Waals surface area contributed by atoms with Crippen molar-refractivity contribution >= 4 is 7.18 Å². The molecule has 0 fully saturated rings. The van der Waals surface area contributed by atoms with Gasteiger partial charge in [0, 0.05) is 6.61 Å². The van der Waals surface area contributed by atoms with Crippen LogP contribution in [0.4, 0.5) is 12.9 Å². The molecule has 56 valence electrons.